The van der Waals surface area contributed by atoms with Crippen LogP contribution in [-0.2, 0) is 0 Å². The van der Waals surface area contributed by atoms with Crippen molar-refractivity contribution in [3.8, 4) is 0 Å². The van der Waals surface area contributed by atoms with Gasteiger partial charge in [-0.25, -0.2) is 0 Å². The zero-order chi connectivity index (χ0) is 48.0. The third kappa shape index (κ3) is 20.5. The van der Waals surface area contributed by atoms with E-state index in [9.17, 15) is 20.2 Å². The summed E-state index contributed by atoms with van der Waals surface area (Å²) in [5.74, 6) is 0. The Hall–Kier alpha value is -6.08. The molecule has 0 radical (unpaired) electrons. The summed E-state index contributed by atoms with van der Waals surface area (Å²) in [6.07, 6.45) is 0. The van der Waals surface area contributed by atoms with Crippen molar-refractivity contribution in [1.29, 1.82) is 0 Å². The summed E-state index contributed by atoms with van der Waals surface area (Å²) in [5, 5.41) is 21.0. The van der Waals surface area contributed by atoms with Crippen LogP contribution in [-0.4, -0.2) is 9.85 Å². The van der Waals surface area contributed by atoms with E-state index in [1.165, 1.54) is 61.2 Å². The fraction of sp³-hybridized carbons (Fsp3) is 0.345. The molecular formula is C55H75N3O4. The Morgan fingerprint density at radius 3 is 0.806 bits per heavy atom. The van der Waals surface area contributed by atoms with Crippen LogP contribution in [0, 0.1) is 138 Å². The quantitative estimate of drug-likeness (QED) is 0.106. The molecular weight excluding hydrogens is 767 g/mol. The normalized spacial score (nSPS) is 9.53. The second-order valence-electron chi connectivity index (χ2n) is 16.1. The number of nitrogens with two attached hydrogens (primary N) is 1. The van der Waals surface area contributed by atoms with Crippen molar-refractivity contribution in [2.75, 3.05) is 5.73 Å². The molecule has 7 nitrogen and oxygen atoms in total. The fourth-order valence-corrected chi connectivity index (χ4v) is 5.69. The molecule has 0 aliphatic rings. The molecule has 0 bridgehead atoms. The van der Waals surface area contributed by atoms with Crippen LogP contribution in [0.3, 0.4) is 0 Å². The first-order valence-corrected chi connectivity index (χ1v) is 21.2. The van der Waals surface area contributed by atoms with Crippen LogP contribution in [0.2, 0.25) is 0 Å². The van der Waals surface area contributed by atoms with E-state index < -0.39 is 0 Å². The largest absolute Gasteiger partial charge is 0.399 e. The predicted octanol–water partition coefficient (Wildman–Crippen LogP) is 15.8. The second-order valence-corrected chi connectivity index (χ2v) is 16.1. The van der Waals surface area contributed by atoms with Gasteiger partial charge >= 0.3 is 0 Å². The van der Waals surface area contributed by atoms with Crippen LogP contribution < -0.4 is 5.73 Å². The molecule has 0 amide bonds. The van der Waals surface area contributed by atoms with Crippen molar-refractivity contribution in [3.63, 3.8) is 0 Å². The van der Waals surface area contributed by atoms with Crippen molar-refractivity contribution in [2.45, 2.75) is 132 Å². The standard InChI is InChI=1S/2C9H11NO2.C9H13N.2C9H12.C8H10.C2H6/c2*1-6-4-8(3)9(10(11)12)5-7(6)2;1-6-4-8(3)9(10)5-7(6)2;2*1-7-4-5-8(2)9(3)6-7;1-7-3-5-8(2)6-4-7;1-2/h2*4-5H,1-3H3;4-5H,10H2,1-3H3;2*4-6H,1-3H3;3-6H,1-2H3;1-2H3. The summed E-state index contributed by atoms with van der Waals surface area (Å²) < 4.78 is 0. The molecule has 0 unspecified atom stereocenters. The van der Waals surface area contributed by atoms with Gasteiger partial charge in [-0.05, 0) is 197 Å². The molecule has 334 valence electrons. The molecule has 6 aromatic rings. The molecule has 0 atom stereocenters. The lowest BCUT2D eigenvalue weighted by atomic mass is 10.1. The fourth-order valence-electron chi connectivity index (χ4n) is 5.69. The van der Waals surface area contributed by atoms with Gasteiger partial charge in [0.1, 0.15) is 0 Å². The van der Waals surface area contributed by atoms with Crippen LogP contribution in [0.1, 0.15) is 108 Å². The number of hydrogen-bond acceptors (Lipinski definition) is 5. The summed E-state index contributed by atoms with van der Waals surface area (Å²) in [4.78, 5) is 20.3. The molecule has 0 spiro atoms. The van der Waals surface area contributed by atoms with Crippen molar-refractivity contribution in [2.24, 2.45) is 0 Å². The van der Waals surface area contributed by atoms with Crippen molar-refractivity contribution in [3.05, 3.63) is 212 Å². The molecule has 0 aliphatic carbocycles. The van der Waals surface area contributed by atoms with Crippen molar-refractivity contribution in [1.82, 2.24) is 0 Å². The Labute approximate surface area is 374 Å². The lowest BCUT2D eigenvalue weighted by Crippen LogP contribution is -1.93. The van der Waals surface area contributed by atoms with E-state index in [0.29, 0.717) is 0 Å². The molecule has 7 heteroatoms. The third-order valence-corrected chi connectivity index (χ3v) is 10.4. The first kappa shape index (κ1) is 55.9. The zero-order valence-corrected chi connectivity index (χ0v) is 41.3. The maximum Gasteiger partial charge on any atom is 0.272 e. The van der Waals surface area contributed by atoms with E-state index in [1.807, 2.05) is 66.7 Å². The number of nitrogens with zero attached hydrogens (tertiary/aromatic N) is 2. The molecule has 0 fully saturated rings. The van der Waals surface area contributed by atoms with E-state index in [2.05, 4.69) is 136 Å². The number of nitrogen functional groups attached to an aromatic ring is 1. The number of benzene rings is 6. The van der Waals surface area contributed by atoms with Gasteiger partial charge in [-0.1, -0.05) is 103 Å². The third-order valence-electron chi connectivity index (χ3n) is 10.4. The van der Waals surface area contributed by atoms with Gasteiger partial charge in [0.2, 0.25) is 0 Å². The van der Waals surface area contributed by atoms with Gasteiger partial charge in [-0.3, -0.25) is 20.2 Å². The van der Waals surface area contributed by atoms with Gasteiger partial charge in [-0.15, -0.1) is 0 Å². The van der Waals surface area contributed by atoms with Crippen LogP contribution in [0.25, 0.3) is 0 Å². The molecule has 62 heavy (non-hydrogen) atoms. The molecule has 0 saturated carbocycles. The topological polar surface area (TPSA) is 112 Å². The predicted molar refractivity (Wildman–Crippen MR) is 268 cm³/mol. The molecule has 2 N–H and O–H groups in total. The number of nitro groups is 2. The minimum absolute atomic E-state index is 0.207. The monoisotopic (exact) mass is 842 g/mol. The highest BCUT2D eigenvalue weighted by atomic mass is 16.6. The molecule has 6 aromatic carbocycles. The molecule has 0 saturated heterocycles. The first-order chi connectivity index (χ1) is 28.8. The van der Waals surface area contributed by atoms with Crippen LogP contribution in [0.4, 0.5) is 17.1 Å². The Balaban J connectivity index is 0.000000718. The van der Waals surface area contributed by atoms with Gasteiger partial charge in [0.05, 0.1) is 9.85 Å². The van der Waals surface area contributed by atoms with E-state index in [-0.39, 0.29) is 21.2 Å². The smallest absolute Gasteiger partial charge is 0.272 e. The Bertz CT molecular complexity index is 2170. The Morgan fingerprint density at radius 1 is 0.306 bits per heavy atom. The van der Waals surface area contributed by atoms with Crippen LogP contribution in [0.15, 0.2) is 97.1 Å². The summed E-state index contributed by atoms with van der Waals surface area (Å²) in [6.45, 7) is 38.3. The van der Waals surface area contributed by atoms with Crippen LogP contribution >= 0.6 is 0 Å². The average Bonchev–Trinajstić information content (AvgIpc) is 3.20. The van der Waals surface area contributed by atoms with Crippen molar-refractivity contribution < 1.29 is 9.85 Å². The highest BCUT2D eigenvalue weighted by Gasteiger charge is 2.12. The van der Waals surface area contributed by atoms with E-state index >= 15 is 0 Å². The number of hydrogen-bond donors (Lipinski definition) is 1. The summed E-state index contributed by atoms with van der Waals surface area (Å²) in [6, 6.07) is 32.5. The van der Waals surface area contributed by atoms with Crippen LogP contribution in [0.5, 0.6) is 0 Å². The number of rotatable bonds is 2. The maximum atomic E-state index is 10.5. The minimum Gasteiger partial charge on any atom is -0.399 e. The number of aryl methyl sites for hydroxylation is 17. The van der Waals surface area contributed by atoms with E-state index in [1.54, 1.807) is 26.0 Å². The maximum absolute atomic E-state index is 10.5. The Morgan fingerprint density at radius 2 is 0.548 bits per heavy atom. The van der Waals surface area contributed by atoms with Crippen molar-refractivity contribution >= 4 is 17.1 Å². The second kappa shape index (κ2) is 27.7. The highest BCUT2D eigenvalue weighted by Crippen LogP contribution is 2.23. The molecule has 0 aromatic heterocycles. The van der Waals surface area contributed by atoms with E-state index in [0.717, 1.165) is 39.1 Å². The SMILES string of the molecule is CC.Cc1cc(C)c(N)cc1C.Cc1cc(C)c([N+](=O)[O-])cc1C.Cc1cc(C)c([N+](=O)[O-])cc1C.Cc1ccc(C)c(C)c1.Cc1ccc(C)c(C)c1.Cc1ccc(C)cc1. The van der Waals surface area contributed by atoms with Gasteiger partial charge in [-0.2, -0.15) is 0 Å². The number of anilines is 1. The molecule has 0 aliphatic heterocycles. The first-order valence-electron chi connectivity index (χ1n) is 21.2. The summed E-state index contributed by atoms with van der Waals surface area (Å²) in [5.41, 5.74) is 27.2. The van der Waals surface area contributed by atoms with Gasteiger partial charge in [0.25, 0.3) is 11.4 Å². The molecule has 0 heterocycles. The van der Waals surface area contributed by atoms with Gasteiger partial charge in [0.15, 0.2) is 0 Å². The lowest BCUT2D eigenvalue weighted by Gasteiger charge is -2.03. The zero-order valence-electron chi connectivity index (χ0n) is 41.3. The summed E-state index contributed by atoms with van der Waals surface area (Å²) >= 11 is 0. The molecule has 6 rings (SSSR count). The minimum atomic E-state index is -0.345. The highest BCUT2D eigenvalue weighted by molar-refractivity contribution is 5.51. The van der Waals surface area contributed by atoms with Gasteiger partial charge < -0.3 is 5.73 Å². The number of nitro benzene ring substituents is 2. The Kier molecular flexibility index (Phi) is 25.0. The summed E-state index contributed by atoms with van der Waals surface area (Å²) in [7, 11) is 0. The average molecular weight is 842 g/mol. The van der Waals surface area contributed by atoms with E-state index in [4.69, 9.17) is 5.73 Å². The lowest BCUT2D eigenvalue weighted by molar-refractivity contribution is -0.385. The van der Waals surface area contributed by atoms with Gasteiger partial charge in [0, 0.05) is 28.9 Å².